The Morgan fingerprint density at radius 2 is 1.59 bits per heavy atom. The van der Waals surface area contributed by atoms with Crippen molar-refractivity contribution in [1.82, 2.24) is 0 Å². The normalized spacial score (nSPS) is 19.2. The van der Waals surface area contributed by atoms with E-state index in [1.54, 1.807) is 0 Å². The molecule has 170 valence electrons. The number of hydrogen-bond acceptors (Lipinski definition) is 3. The Morgan fingerprint density at radius 3 is 2.24 bits per heavy atom. The number of aliphatic hydroxyl groups is 1. The van der Waals surface area contributed by atoms with Gasteiger partial charge in [0.1, 0.15) is 13.1 Å². The summed E-state index contributed by atoms with van der Waals surface area (Å²) in [6, 6.07) is 0. The van der Waals surface area contributed by atoms with Gasteiger partial charge >= 0.3 is 0 Å². The van der Waals surface area contributed by atoms with E-state index in [0.29, 0.717) is 6.54 Å². The first-order valence-electron chi connectivity index (χ1n) is 11.8. The molecule has 5 heteroatoms. The topological polar surface area (TPSA) is 58.6 Å². The highest BCUT2D eigenvalue weighted by Gasteiger charge is 2.36. The van der Waals surface area contributed by atoms with Crippen LogP contribution in [-0.4, -0.2) is 54.8 Å². The first-order chi connectivity index (χ1) is 13.8. The molecule has 0 bridgehead atoms. The molecular weight excluding hydrogens is 382 g/mol. The molecule has 0 saturated heterocycles. The van der Waals surface area contributed by atoms with Gasteiger partial charge in [0, 0.05) is 13.0 Å². The summed E-state index contributed by atoms with van der Waals surface area (Å²) in [5.74, 6) is 1.26. The van der Waals surface area contributed by atoms with E-state index in [9.17, 15) is 5.11 Å². The minimum Gasteiger partial charge on any atom is -1.00 e. The molecule has 0 saturated carbocycles. The van der Waals surface area contributed by atoms with Crippen molar-refractivity contribution in [2.45, 2.75) is 84.0 Å². The third kappa shape index (κ3) is 12.6. The van der Waals surface area contributed by atoms with Crippen molar-refractivity contribution in [1.29, 1.82) is 0 Å². The van der Waals surface area contributed by atoms with Gasteiger partial charge in [-0.25, -0.2) is 4.99 Å². The molecule has 4 nitrogen and oxygen atoms in total. The molecular formula is C24H46ClN3O. The third-order valence-electron chi connectivity index (χ3n) is 5.81. The maximum Gasteiger partial charge on any atom is 0.198 e. The molecule has 0 aromatic carbocycles. The first kappa shape index (κ1) is 28.3. The lowest BCUT2D eigenvalue weighted by Crippen LogP contribution is -3.00. The average molecular weight is 428 g/mol. The molecule has 1 aliphatic heterocycles. The number of nitrogens with zero attached hydrogens (tertiary/aromatic N) is 2. The van der Waals surface area contributed by atoms with Gasteiger partial charge in [-0.3, -0.25) is 4.48 Å². The number of amidine groups is 1. The van der Waals surface area contributed by atoms with Crippen LogP contribution < -0.4 is 18.1 Å². The maximum atomic E-state index is 9.41. The molecule has 0 aromatic heterocycles. The van der Waals surface area contributed by atoms with E-state index in [-0.39, 0.29) is 19.0 Å². The quantitative estimate of drug-likeness (QED) is 0.199. The summed E-state index contributed by atoms with van der Waals surface area (Å²) < 4.78 is 0.826. The van der Waals surface area contributed by atoms with Gasteiger partial charge in [0.2, 0.25) is 0 Å². The minimum atomic E-state index is 0. The average Bonchev–Trinajstić information content (AvgIpc) is 3.07. The maximum absolute atomic E-state index is 9.41. The predicted octanol–water partition coefficient (Wildman–Crippen LogP) is 1.98. The highest BCUT2D eigenvalue weighted by atomic mass is 35.5. The first-order valence-corrected chi connectivity index (χ1v) is 11.8. The van der Waals surface area contributed by atoms with Crippen molar-refractivity contribution in [3.63, 3.8) is 0 Å². The van der Waals surface area contributed by atoms with Crippen LogP contribution in [-0.2, 0) is 0 Å². The van der Waals surface area contributed by atoms with Crippen LogP contribution in [0.25, 0.3) is 0 Å². The van der Waals surface area contributed by atoms with Gasteiger partial charge in [-0.1, -0.05) is 63.3 Å². The van der Waals surface area contributed by atoms with Crippen LogP contribution in [0.2, 0.25) is 0 Å². The van der Waals surface area contributed by atoms with Crippen LogP contribution in [0.15, 0.2) is 29.3 Å². The number of unbranched alkanes of at least 4 members (excludes halogenated alkanes) is 8. The van der Waals surface area contributed by atoms with Crippen LogP contribution in [0.4, 0.5) is 0 Å². The number of nitrogens with two attached hydrogens (primary N) is 1. The predicted molar refractivity (Wildman–Crippen MR) is 123 cm³/mol. The molecule has 1 atom stereocenters. The van der Waals surface area contributed by atoms with Gasteiger partial charge < -0.3 is 23.2 Å². The van der Waals surface area contributed by atoms with Crippen LogP contribution in [0, 0.1) is 0 Å². The number of quaternary nitrogens is 1. The van der Waals surface area contributed by atoms with Gasteiger partial charge in [-0.05, 0) is 38.5 Å². The molecule has 0 aromatic rings. The molecule has 0 aliphatic carbocycles. The van der Waals surface area contributed by atoms with Crippen molar-refractivity contribution in [3.8, 4) is 0 Å². The smallest absolute Gasteiger partial charge is 0.198 e. The summed E-state index contributed by atoms with van der Waals surface area (Å²) in [5, 5.41) is 9.41. The number of allylic oxidation sites excluding steroid dienone is 4. The number of hydrogen-bond donors (Lipinski definition) is 2. The summed E-state index contributed by atoms with van der Waals surface area (Å²) in [5.41, 5.74) is 5.80. The molecule has 3 N–H and O–H groups in total. The highest BCUT2D eigenvalue weighted by Crippen LogP contribution is 2.19. The number of rotatable bonds is 18. The van der Waals surface area contributed by atoms with E-state index in [2.05, 4.69) is 31.2 Å². The molecule has 0 radical (unpaired) electrons. The van der Waals surface area contributed by atoms with E-state index in [1.165, 1.54) is 63.6 Å². The summed E-state index contributed by atoms with van der Waals surface area (Å²) in [6.07, 6.45) is 24.4. The van der Waals surface area contributed by atoms with E-state index in [1.807, 2.05) is 0 Å². The SMILES string of the molecule is CCCCCCCCC=CCC=CCCCCC1=NCC[N+]1(CCN)CCO.[Cl-]. The van der Waals surface area contributed by atoms with Crippen LogP contribution in [0.5, 0.6) is 0 Å². The molecule has 0 fully saturated rings. The molecule has 0 spiro atoms. The second-order valence-corrected chi connectivity index (χ2v) is 8.11. The lowest BCUT2D eigenvalue weighted by atomic mass is 10.1. The Balaban J connectivity index is 0.00000784. The van der Waals surface area contributed by atoms with E-state index in [4.69, 9.17) is 10.7 Å². The van der Waals surface area contributed by atoms with Crippen LogP contribution in [0.3, 0.4) is 0 Å². The Bertz CT molecular complexity index is 457. The zero-order chi connectivity index (χ0) is 20.3. The molecule has 1 aliphatic rings. The largest absolute Gasteiger partial charge is 1.00 e. The zero-order valence-electron chi connectivity index (χ0n) is 18.8. The summed E-state index contributed by atoms with van der Waals surface area (Å²) in [4.78, 5) is 4.73. The van der Waals surface area contributed by atoms with E-state index >= 15 is 0 Å². The van der Waals surface area contributed by atoms with Gasteiger partial charge in [0.05, 0.1) is 19.7 Å². The Kier molecular flexibility index (Phi) is 18.8. The number of halogens is 1. The molecule has 29 heavy (non-hydrogen) atoms. The minimum absolute atomic E-state index is 0. The zero-order valence-corrected chi connectivity index (χ0v) is 19.6. The fourth-order valence-corrected chi connectivity index (χ4v) is 4.09. The summed E-state index contributed by atoms with van der Waals surface area (Å²) >= 11 is 0. The number of aliphatic imine (C=N–C) groups is 1. The second-order valence-electron chi connectivity index (χ2n) is 8.11. The van der Waals surface area contributed by atoms with Crippen molar-refractivity contribution in [2.24, 2.45) is 10.7 Å². The monoisotopic (exact) mass is 427 g/mol. The van der Waals surface area contributed by atoms with Gasteiger partial charge in [-0.15, -0.1) is 0 Å². The molecule has 1 unspecified atom stereocenters. The van der Waals surface area contributed by atoms with Crippen LogP contribution in [0.1, 0.15) is 84.0 Å². The standard InChI is InChI=1S/C24H46N3O.ClH/c1-2-3-4-5-6-7-8-9-10-11-12-13-14-15-16-17-24-26-19-21-27(24,20-18-25)22-23-28;/h9-10,12-13,28H,2-8,11,14-23,25H2,1H3;1H/q+1;/p-1. The molecule has 0 amide bonds. The van der Waals surface area contributed by atoms with Crippen LogP contribution >= 0.6 is 0 Å². The van der Waals surface area contributed by atoms with Gasteiger partial charge in [0.15, 0.2) is 5.84 Å². The fraction of sp³-hybridized carbons (Fsp3) is 0.792. The lowest BCUT2D eigenvalue weighted by Gasteiger charge is -2.34. The molecule has 1 heterocycles. The fourth-order valence-electron chi connectivity index (χ4n) is 4.09. The number of aliphatic hydroxyl groups excluding tert-OH is 1. The Hall–Kier alpha value is -0.680. The Morgan fingerprint density at radius 1 is 0.931 bits per heavy atom. The van der Waals surface area contributed by atoms with Gasteiger partial charge in [-0.2, -0.15) is 0 Å². The lowest BCUT2D eigenvalue weighted by molar-refractivity contribution is -0.835. The summed E-state index contributed by atoms with van der Waals surface area (Å²) in [7, 11) is 0. The molecule has 1 rings (SSSR count). The summed E-state index contributed by atoms with van der Waals surface area (Å²) in [6.45, 7) is 6.72. The van der Waals surface area contributed by atoms with Crippen molar-refractivity contribution in [3.05, 3.63) is 24.3 Å². The van der Waals surface area contributed by atoms with Crippen molar-refractivity contribution >= 4 is 5.84 Å². The van der Waals surface area contributed by atoms with Crippen molar-refractivity contribution in [2.75, 3.05) is 39.3 Å². The van der Waals surface area contributed by atoms with E-state index < -0.39 is 0 Å². The third-order valence-corrected chi connectivity index (χ3v) is 5.81. The second kappa shape index (κ2) is 19.3. The highest BCUT2D eigenvalue weighted by molar-refractivity contribution is 5.76. The van der Waals surface area contributed by atoms with Gasteiger partial charge in [0.25, 0.3) is 0 Å². The van der Waals surface area contributed by atoms with Crippen molar-refractivity contribution < 1.29 is 22.0 Å². The van der Waals surface area contributed by atoms with E-state index in [0.717, 1.165) is 49.9 Å². The Labute approximate surface area is 186 Å².